The number of ether oxygens (including phenoxy) is 1. The molecule has 2 N–H and O–H groups in total. The highest BCUT2D eigenvalue weighted by Crippen LogP contribution is 2.32. The predicted octanol–water partition coefficient (Wildman–Crippen LogP) is 4.25. The maximum absolute atomic E-state index is 14.2. The molecule has 0 saturated carbocycles. The van der Waals surface area contributed by atoms with Gasteiger partial charge in [0.05, 0.1) is 13.2 Å². The van der Waals surface area contributed by atoms with Crippen LogP contribution < -0.4 is 10.5 Å². The van der Waals surface area contributed by atoms with Gasteiger partial charge in [0.1, 0.15) is 0 Å². The van der Waals surface area contributed by atoms with Gasteiger partial charge in [-0.3, -0.25) is 0 Å². The van der Waals surface area contributed by atoms with E-state index < -0.39 is 11.9 Å². The lowest BCUT2D eigenvalue weighted by Crippen LogP contribution is -2.15. The van der Waals surface area contributed by atoms with E-state index in [1.54, 1.807) is 18.2 Å². The van der Waals surface area contributed by atoms with Crippen LogP contribution in [0.25, 0.3) is 0 Å². The molecule has 1 atom stereocenters. The van der Waals surface area contributed by atoms with E-state index in [2.05, 4.69) is 38.5 Å². The second-order valence-corrected chi connectivity index (χ2v) is 6.11. The zero-order chi connectivity index (χ0) is 14.0. The maximum Gasteiger partial charge on any atom is 0.170 e. The largest absolute Gasteiger partial charge is 0.494 e. The summed E-state index contributed by atoms with van der Waals surface area (Å²) in [6.45, 7) is 0. The second kappa shape index (κ2) is 6.19. The van der Waals surface area contributed by atoms with Crippen molar-refractivity contribution in [3.63, 3.8) is 0 Å². The number of halogens is 3. The number of rotatable bonds is 3. The van der Waals surface area contributed by atoms with E-state index in [1.807, 2.05) is 18.2 Å². The van der Waals surface area contributed by atoms with Gasteiger partial charge in [0, 0.05) is 13.6 Å². The smallest absolute Gasteiger partial charge is 0.170 e. The molecule has 1 unspecified atom stereocenters. The molecular weight excluding hydrogens is 424 g/mol. The van der Waals surface area contributed by atoms with E-state index in [1.165, 1.54) is 7.11 Å². The van der Waals surface area contributed by atoms with Crippen LogP contribution in [0.3, 0.4) is 0 Å². The van der Waals surface area contributed by atoms with Crippen molar-refractivity contribution in [1.82, 2.24) is 0 Å². The molecule has 0 bridgehead atoms. The molecule has 0 aliphatic rings. The van der Waals surface area contributed by atoms with Gasteiger partial charge in [-0.05, 0) is 52.4 Å². The molecule has 0 spiro atoms. The molecule has 2 rings (SSSR count). The van der Waals surface area contributed by atoms with E-state index in [0.29, 0.717) is 5.56 Å². The van der Waals surface area contributed by atoms with Gasteiger partial charge in [0.25, 0.3) is 0 Å². The molecule has 0 saturated heterocycles. The lowest BCUT2D eigenvalue weighted by molar-refractivity contribution is 0.383. The Labute approximate surface area is 133 Å². The number of hydrogen-bond donors (Lipinski definition) is 1. The summed E-state index contributed by atoms with van der Waals surface area (Å²) >= 11 is 5.65. The quantitative estimate of drug-likeness (QED) is 0.731. The van der Waals surface area contributed by atoms with Gasteiger partial charge in [0.15, 0.2) is 11.6 Å². The van der Waals surface area contributed by atoms with Crippen LogP contribution in [0.15, 0.2) is 40.9 Å². The lowest BCUT2D eigenvalue weighted by Gasteiger charge is -2.16. The Morgan fingerprint density at radius 2 is 2.00 bits per heavy atom. The minimum absolute atomic E-state index is 0.203. The Hall–Kier alpha value is -0.660. The molecule has 0 radical (unpaired) electrons. The third-order valence-electron chi connectivity index (χ3n) is 2.84. The zero-order valence-corrected chi connectivity index (χ0v) is 13.9. The van der Waals surface area contributed by atoms with Crippen LogP contribution in [-0.4, -0.2) is 7.11 Å². The van der Waals surface area contributed by atoms with E-state index in [-0.39, 0.29) is 5.75 Å². The van der Waals surface area contributed by atoms with E-state index in [4.69, 9.17) is 10.5 Å². The van der Waals surface area contributed by atoms with Crippen molar-refractivity contribution in [3.05, 3.63) is 61.4 Å². The van der Waals surface area contributed by atoms with E-state index in [0.717, 1.165) is 13.6 Å². The van der Waals surface area contributed by atoms with E-state index in [9.17, 15) is 4.39 Å². The Morgan fingerprint density at radius 1 is 1.26 bits per heavy atom. The highest BCUT2D eigenvalue weighted by atomic mass is 127. The summed E-state index contributed by atoms with van der Waals surface area (Å²) in [6.07, 6.45) is 0. The number of methoxy groups -OCH3 is 1. The Bertz CT molecular complexity index is 606. The molecule has 0 amide bonds. The third-order valence-corrected chi connectivity index (χ3v) is 4.23. The van der Waals surface area contributed by atoms with Crippen molar-refractivity contribution in [2.75, 3.05) is 7.11 Å². The van der Waals surface area contributed by atoms with Crippen LogP contribution in [0.5, 0.6) is 5.75 Å². The molecule has 2 aromatic carbocycles. The first-order chi connectivity index (χ1) is 9.04. The van der Waals surface area contributed by atoms with Gasteiger partial charge in [-0.2, -0.15) is 0 Å². The predicted molar refractivity (Wildman–Crippen MR) is 85.8 cm³/mol. The van der Waals surface area contributed by atoms with Crippen LogP contribution >= 0.6 is 38.5 Å². The van der Waals surface area contributed by atoms with Crippen molar-refractivity contribution in [2.24, 2.45) is 5.73 Å². The SMILES string of the molecule is COc1cccc(C(N)c2cc(I)ccc2Br)c1F. The minimum Gasteiger partial charge on any atom is -0.494 e. The number of benzene rings is 2. The normalized spacial score (nSPS) is 12.3. The summed E-state index contributed by atoms with van der Waals surface area (Å²) in [4.78, 5) is 0. The average Bonchev–Trinajstić information content (AvgIpc) is 2.41. The molecule has 0 heterocycles. The van der Waals surface area contributed by atoms with Gasteiger partial charge < -0.3 is 10.5 Å². The highest BCUT2D eigenvalue weighted by molar-refractivity contribution is 14.1. The molecular formula is C14H12BrFINO. The van der Waals surface area contributed by atoms with Crippen LogP contribution in [0.2, 0.25) is 0 Å². The fraction of sp³-hybridized carbons (Fsp3) is 0.143. The van der Waals surface area contributed by atoms with Gasteiger partial charge in [-0.1, -0.05) is 28.1 Å². The highest BCUT2D eigenvalue weighted by Gasteiger charge is 2.18. The van der Waals surface area contributed by atoms with Crippen LogP contribution in [0.4, 0.5) is 4.39 Å². The second-order valence-electron chi connectivity index (χ2n) is 4.01. The average molecular weight is 436 g/mol. The Kier molecular flexibility index (Phi) is 4.81. The molecule has 19 heavy (non-hydrogen) atoms. The summed E-state index contributed by atoms with van der Waals surface area (Å²) in [5.41, 5.74) is 7.45. The molecule has 0 fully saturated rings. The Balaban J connectivity index is 2.50. The first-order valence-electron chi connectivity index (χ1n) is 5.57. The summed E-state index contributed by atoms with van der Waals surface area (Å²) in [6, 6.07) is 10.3. The molecule has 0 aliphatic carbocycles. The summed E-state index contributed by atoms with van der Waals surface area (Å²) in [5, 5.41) is 0. The van der Waals surface area contributed by atoms with Gasteiger partial charge in [-0.25, -0.2) is 4.39 Å². The lowest BCUT2D eigenvalue weighted by atomic mass is 9.99. The van der Waals surface area contributed by atoms with Gasteiger partial charge >= 0.3 is 0 Å². The van der Waals surface area contributed by atoms with Crippen molar-refractivity contribution in [3.8, 4) is 5.75 Å². The Morgan fingerprint density at radius 3 is 2.68 bits per heavy atom. The standard InChI is InChI=1S/C14H12BrFINO/c1-19-12-4-2-3-9(13(12)16)14(18)10-7-8(17)5-6-11(10)15/h2-7,14H,18H2,1H3. The third kappa shape index (κ3) is 3.09. The molecule has 0 aliphatic heterocycles. The minimum atomic E-state index is -0.542. The molecule has 2 aromatic rings. The van der Waals surface area contributed by atoms with Gasteiger partial charge in [0.2, 0.25) is 0 Å². The molecule has 5 heteroatoms. The van der Waals surface area contributed by atoms with E-state index >= 15 is 0 Å². The van der Waals surface area contributed by atoms with Crippen molar-refractivity contribution in [2.45, 2.75) is 6.04 Å². The summed E-state index contributed by atoms with van der Waals surface area (Å²) in [7, 11) is 1.44. The first kappa shape index (κ1) is 14.7. The first-order valence-corrected chi connectivity index (χ1v) is 7.44. The monoisotopic (exact) mass is 435 g/mol. The number of hydrogen-bond acceptors (Lipinski definition) is 2. The van der Waals surface area contributed by atoms with Crippen molar-refractivity contribution in [1.29, 1.82) is 0 Å². The molecule has 0 aromatic heterocycles. The molecule has 100 valence electrons. The maximum atomic E-state index is 14.2. The zero-order valence-electron chi connectivity index (χ0n) is 10.2. The summed E-state index contributed by atoms with van der Waals surface area (Å²) < 4.78 is 21.1. The van der Waals surface area contributed by atoms with Crippen LogP contribution in [0.1, 0.15) is 17.2 Å². The fourth-order valence-corrected chi connectivity index (χ4v) is 2.85. The molecule has 2 nitrogen and oxygen atoms in total. The summed E-state index contributed by atoms with van der Waals surface area (Å²) in [5.74, 6) is -0.210. The topological polar surface area (TPSA) is 35.2 Å². The van der Waals surface area contributed by atoms with Gasteiger partial charge in [-0.15, -0.1) is 0 Å². The van der Waals surface area contributed by atoms with Crippen LogP contribution in [-0.2, 0) is 0 Å². The van der Waals surface area contributed by atoms with Crippen molar-refractivity contribution >= 4 is 38.5 Å². The van der Waals surface area contributed by atoms with Crippen molar-refractivity contribution < 1.29 is 9.13 Å². The fourth-order valence-electron chi connectivity index (χ4n) is 1.85. The van der Waals surface area contributed by atoms with Crippen LogP contribution in [0, 0.1) is 9.39 Å². The number of nitrogens with two attached hydrogens (primary N) is 1.